The molecular weight excluding hydrogens is 302 g/mol. The number of H-pyrrole nitrogens is 1. The van der Waals surface area contributed by atoms with E-state index in [1.807, 2.05) is 0 Å². The minimum atomic E-state index is -3.77. The lowest BCUT2D eigenvalue weighted by atomic mass is 10.4. The summed E-state index contributed by atoms with van der Waals surface area (Å²) in [6, 6.07) is 5.15. The SMILES string of the molecule is O=S(=O)(NCc1cn[nH]c1)c1c(Cl)nc2ccccn12. The normalized spacial score (nSPS) is 12.1. The molecule has 3 rings (SSSR count). The largest absolute Gasteiger partial charge is 0.288 e. The molecule has 0 radical (unpaired) electrons. The number of fused-ring (bicyclic) bond motifs is 1. The van der Waals surface area contributed by atoms with Crippen molar-refractivity contribution in [3.05, 3.63) is 47.5 Å². The first-order chi connectivity index (χ1) is 9.58. The van der Waals surface area contributed by atoms with Crippen LogP contribution in [0.5, 0.6) is 0 Å². The average molecular weight is 312 g/mol. The molecule has 0 aromatic carbocycles. The number of nitrogens with zero attached hydrogens (tertiary/aromatic N) is 3. The van der Waals surface area contributed by atoms with Crippen molar-refractivity contribution in [2.45, 2.75) is 11.6 Å². The second-order valence-corrected chi connectivity index (χ2v) is 6.11. The molecule has 3 heterocycles. The lowest BCUT2D eigenvalue weighted by molar-refractivity contribution is 0.576. The van der Waals surface area contributed by atoms with Crippen molar-refractivity contribution in [3.63, 3.8) is 0 Å². The van der Waals surface area contributed by atoms with Crippen LogP contribution < -0.4 is 4.72 Å². The zero-order chi connectivity index (χ0) is 14.2. The van der Waals surface area contributed by atoms with Gasteiger partial charge in [0.15, 0.2) is 10.2 Å². The Labute approximate surface area is 119 Å². The van der Waals surface area contributed by atoms with Gasteiger partial charge in [0.2, 0.25) is 0 Å². The van der Waals surface area contributed by atoms with Crippen molar-refractivity contribution < 1.29 is 8.42 Å². The summed E-state index contributed by atoms with van der Waals surface area (Å²) in [6.07, 6.45) is 4.75. The number of imidazole rings is 1. The molecule has 104 valence electrons. The number of pyridine rings is 1. The van der Waals surface area contributed by atoms with Crippen molar-refractivity contribution in [2.75, 3.05) is 0 Å². The van der Waals surface area contributed by atoms with Gasteiger partial charge in [-0.1, -0.05) is 17.7 Å². The highest BCUT2D eigenvalue weighted by Gasteiger charge is 2.23. The molecule has 3 aromatic rings. The third-order valence-electron chi connectivity index (χ3n) is 2.72. The van der Waals surface area contributed by atoms with Gasteiger partial charge in [0.1, 0.15) is 5.65 Å². The summed E-state index contributed by atoms with van der Waals surface area (Å²) < 4.78 is 28.6. The van der Waals surface area contributed by atoms with E-state index in [4.69, 9.17) is 11.6 Å². The molecule has 0 aliphatic heterocycles. The number of aromatic nitrogens is 4. The number of sulfonamides is 1. The molecule has 0 aliphatic carbocycles. The van der Waals surface area contributed by atoms with Gasteiger partial charge in [-0.3, -0.25) is 9.50 Å². The van der Waals surface area contributed by atoms with Gasteiger partial charge in [0.25, 0.3) is 10.0 Å². The zero-order valence-corrected chi connectivity index (χ0v) is 11.7. The van der Waals surface area contributed by atoms with Gasteiger partial charge in [-0.15, -0.1) is 0 Å². The molecule has 0 aliphatic rings. The lowest BCUT2D eigenvalue weighted by Gasteiger charge is -2.05. The van der Waals surface area contributed by atoms with E-state index in [-0.39, 0.29) is 16.7 Å². The number of nitrogens with one attached hydrogen (secondary N) is 2. The smallest absolute Gasteiger partial charge is 0.260 e. The molecule has 0 fully saturated rings. The minimum absolute atomic E-state index is 0.0594. The molecule has 0 unspecified atom stereocenters. The summed E-state index contributed by atoms with van der Waals surface area (Å²) >= 11 is 5.94. The Morgan fingerprint density at radius 1 is 1.40 bits per heavy atom. The molecule has 9 heteroatoms. The fraction of sp³-hybridized carbons (Fsp3) is 0.0909. The van der Waals surface area contributed by atoms with E-state index >= 15 is 0 Å². The highest BCUT2D eigenvalue weighted by molar-refractivity contribution is 7.89. The van der Waals surface area contributed by atoms with Gasteiger partial charge in [-0.25, -0.2) is 18.1 Å². The molecular formula is C11H10ClN5O2S. The van der Waals surface area contributed by atoms with E-state index in [9.17, 15) is 8.42 Å². The summed E-state index contributed by atoms with van der Waals surface area (Å²) in [5.74, 6) is 0. The highest BCUT2D eigenvalue weighted by Crippen LogP contribution is 2.22. The van der Waals surface area contributed by atoms with E-state index in [2.05, 4.69) is 19.9 Å². The fourth-order valence-electron chi connectivity index (χ4n) is 1.81. The molecule has 0 atom stereocenters. The number of hydrogen-bond acceptors (Lipinski definition) is 4. The Hall–Kier alpha value is -1.90. The Kier molecular flexibility index (Phi) is 3.20. The highest BCUT2D eigenvalue weighted by atomic mass is 35.5. The summed E-state index contributed by atoms with van der Waals surface area (Å²) in [4.78, 5) is 4.02. The molecule has 0 saturated carbocycles. The third-order valence-corrected chi connectivity index (χ3v) is 4.52. The molecule has 3 aromatic heterocycles. The van der Waals surface area contributed by atoms with Crippen LogP contribution in [-0.4, -0.2) is 28.0 Å². The summed E-state index contributed by atoms with van der Waals surface area (Å²) in [5, 5.41) is 6.23. The molecule has 7 nitrogen and oxygen atoms in total. The molecule has 0 bridgehead atoms. The number of aromatic amines is 1. The van der Waals surface area contributed by atoms with Crippen LogP contribution in [0.3, 0.4) is 0 Å². The van der Waals surface area contributed by atoms with E-state index in [1.54, 1.807) is 36.8 Å². The van der Waals surface area contributed by atoms with Crippen LogP contribution in [0.1, 0.15) is 5.56 Å². The second kappa shape index (κ2) is 4.89. The number of rotatable bonds is 4. The van der Waals surface area contributed by atoms with E-state index in [1.165, 1.54) is 4.40 Å². The Morgan fingerprint density at radius 2 is 2.25 bits per heavy atom. The lowest BCUT2D eigenvalue weighted by Crippen LogP contribution is -2.24. The number of halogens is 1. The quantitative estimate of drug-likeness (QED) is 0.757. The second-order valence-electron chi connectivity index (χ2n) is 4.07. The molecule has 0 amide bonds. The van der Waals surface area contributed by atoms with Gasteiger partial charge in [-0.05, 0) is 12.1 Å². The molecule has 2 N–H and O–H groups in total. The predicted octanol–water partition coefficient (Wildman–Crippen LogP) is 1.19. The van der Waals surface area contributed by atoms with Crippen molar-refractivity contribution in [1.82, 2.24) is 24.3 Å². The van der Waals surface area contributed by atoms with E-state index < -0.39 is 10.0 Å². The Morgan fingerprint density at radius 3 is 3.00 bits per heavy atom. The third kappa shape index (κ3) is 2.28. The van der Waals surface area contributed by atoms with Crippen LogP contribution in [0, 0.1) is 0 Å². The fourth-order valence-corrected chi connectivity index (χ4v) is 3.46. The number of hydrogen-bond donors (Lipinski definition) is 2. The first-order valence-corrected chi connectivity index (χ1v) is 7.54. The molecule has 0 saturated heterocycles. The predicted molar refractivity (Wildman–Crippen MR) is 72.8 cm³/mol. The molecule has 0 spiro atoms. The summed E-state index contributed by atoms with van der Waals surface area (Å²) in [6.45, 7) is 0.120. The summed E-state index contributed by atoms with van der Waals surface area (Å²) in [7, 11) is -3.77. The first kappa shape index (κ1) is 13.1. The first-order valence-electron chi connectivity index (χ1n) is 5.68. The van der Waals surface area contributed by atoms with Crippen LogP contribution in [0.2, 0.25) is 5.15 Å². The Bertz CT molecular complexity index is 841. The van der Waals surface area contributed by atoms with E-state index in [0.29, 0.717) is 5.65 Å². The monoisotopic (exact) mass is 311 g/mol. The van der Waals surface area contributed by atoms with Crippen LogP contribution >= 0.6 is 11.6 Å². The van der Waals surface area contributed by atoms with Crippen LogP contribution in [0.4, 0.5) is 0 Å². The zero-order valence-electron chi connectivity index (χ0n) is 10.1. The maximum Gasteiger partial charge on any atom is 0.260 e. The van der Waals surface area contributed by atoms with Gasteiger partial charge in [-0.2, -0.15) is 5.10 Å². The minimum Gasteiger partial charge on any atom is -0.288 e. The van der Waals surface area contributed by atoms with Crippen LogP contribution in [0.15, 0.2) is 41.8 Å². The standard InChI is InChI=1S/C11H10ClN5O2S/c12-10-11(17-4-2-1-3-9(17)16-10)20(18,19)15-7-8-5-13-14-6-8/h1-6,15H,7H2,(H,13,14). The maximum absolute atomic E-state index is 12.3. The topological polar surface area (TPSA) is 92.1 Å². The maximum atomic E-state index is 12.3. The van der Waals surface area contributed by atoms with Gasteiger partial charge in [0.05, 0.1) is 6.20 Å². The van der Waals surface area contributed by atoms with E-state index in [0.717, 1.165) is 5.56 Å². The average Bonchev–Trinajstić information content (AvgIpc) is 3.02. The van der Waals surface area contributed by atoms with Gasteiger partial charge >= 0.3 is 0 Å². The van der Waals surface area contributed by atoms with Crippen LogP contribution in [-0.2, 0) is 16.6 Å². The van der Waals surface area contributed by atoms with Crippen molar-refractivity contribution in [1.29, 1.82) is 0 Å². The van der Waals surface area contributed by atoms with Gasteiger partial charge in [0, 0.05) is 24.5 Å². The van der Waals surface area contributed by atoms with Gasteiger partial charge < -0.3 is 0 Å². The van der Waals surface area contributed by atoms with Crippen molar-refractivity contribution in [3.8, 4) is 0 Å². The van der Waals surface area contributed by atoms with Crippen molar-refractivity contribution in [2.24, 2.45) is 0 Å². The molecule has 20 heavy (non-hydrogen) atoms. The summed E-state index contributed by atoms with van der Waals surface area (Å²) in [5.41, 5.74) is 1.19. The van der Waals surface area contributed by atoms with Crippen molar-refractivity contribution >= 4 is 27.3 Å². The Balaban J connectivity index is 1.98. The van der Waals surface area contributed by atoms with Crippen LogP contribution in [0.25, 0.3) is 5.65 Å².